The van der Waals surface area contributed by atoms with E-state index >= 15 is 0 Å². The number of thioether (sulfide) groups is 1. The third-order valence-electron chi connectivity index (χ3n) is 4.95. The zero-order valence-electron chi connectivity index (χ0n) is 19.1. The fourth-order valence-electron chi connectivity index (χ4n) is 3.43. The van der Waals surface area contributed by atoms with Crippen LogP contribution in [0.25, 0.3) is 10.2 Å². The summed E-state index contributed by atoms with van der Waals surface area (Å²) in [7, 11) is 4.09. The first kappa shape index (κ1) is 26.6. The van der Waals surface area contributed by atoms with E-state index in [1.54, 1.807) is 35.2 Å². The predicted octanol–water partition coefficient (Wildman–Crippen LogP) is 6.33. The third-order valence-corrected chi connectivity index (χ3v) is 7.08. The summed E-state index contributed by atoms with van der Waals surface area (Å²) in [6.07, 6.45) is 2.15. The number of hydrogen-bond acceptors (Lipinski definition) is 5. The molecule has 0 bridgehead atoms. The number of rotatable bonds is 10. The molecule has 0 fully saturated rings. The number of carbonyl (C=O) groups is 1. The summed E-state index contributed by atoms with van der Waals surface area (Å²) in [5.41, 5.74) is 3.35. The molecule has 3 rings (SSSR count). The van der Waals surface area contributed by atoms with Crippen molar-refractivity contribution in [3.63, 3.8) is 0 Å². The van der Waals surface area contributed by atoms with Gasteiger partial charge in [0.1, 0.15) is 5.82 Å². The predicted molar refractivity (Wildman–Crippen MR) is 138 cm³/mol. The van der Waals surface area contributed by atoms with Gasteiger partial charge in [-0.1, -0.05) is 17.4 Å². The van der Waals surface area contributed by atoms with E-state index in [0.717, 1.165) is 50.9 Å². The lowest BCUT2D eigenvalue weighted by Gasteiger charge is -2.21. The maximum Gasteiger partial charge on any atom is 0.228 e. The number of anilines is 1. The molecule has 32 heavy (non-hydrogen) atoms. The van der Waals surface area contributed by atoms with Gasteiger partial charge in [-0.15, -0.1) is 24.2 Å². The molecular formula is C24H31ClFN3OS2. The summed E-state index contributed by atoms with van der Waals surface area (Å²) in [6, 6.07) is 10.8. The molecule has 0 aliphatic carbocycles. The van der Waals surface area contributed by atoms with Crippen LogP contribution in [0.3, 0.4) is 0 Å². The highest BCUT2D eigenvalue weighted by atomic mass is 35.5. The van der Waals surface area contributed by atoms with Crippen molar-refractivity contribution in [2.75, 3.05) is 37.8 Å². The van der Waals surface area contributed by atoms with Crippen LogP contribution in [0.15, 0.2) is 41.3 Å². The number of benzene rings is 2. The minimum atomic E-state index is -0.228. The molecule has 0 aliphatic rings. The van der Waals surface area contributed by atoms with E-state index in [9.17, 15) is 9.18 Å². The maximum atomic E-state index is 13.1. The summed E-state index contributed by atoms with van der Waals surface area (Å²) in [6.45, 7) is 5.75. The van der Waals surface area contributed by atoms with Crippen LogP contribution in [0.4, 0.5) is 9.52 Å². The molecule has 0 saturated carbocycles. The molecule has 0 radical (unpaired) electrons. The van der Waals surface area contributed by atoms with Gasteiger partial charge in [0, 0.05) is 17.9 Å². The fourth-order valence-corrected chi connectivity index (χ4v) is 5.46. The van der Waals surface area contributed by atoms with Crippen molar-refractivity contribution >= 4 is 56.8 Å². The van der Waals surface area contributed by atoms with E-state index < -0.39 is 0 Å². The van der Waals surface area contributed by atoms with Crippen LogP contribution in [0, 0.1) is 19.7 Å². The van der Waals surface area contributed by atoms with Gasteiger partial charge in [-0.05, 0) is 94.5 Å². The van der Waals surface area contributed by atoms with Gasteiger partial charge in [-0.3, -0.25) is 9.69 Å². The van der Waals surface area contributed by atoms with Gasteiger partial charge in [-0.25, -0.2) is 9.37 Å². The summed E-state index contributed by atoms with van der Waals surface area (Å²) in [4.78, 5) is 23.0. The number of nitrogens with zero attached hydrogens (tertiary/aromatic N) is 3. The zero-order valence-corrected chi connectivity index (χ0v) is 21.5. The lowest BCUT2D eigenvalue weighted by atomic mass is 10.1. The molecule has 1 aromatic heterocycles. The van der Waals surface area contributed by atoms with E-state index in [4.69, 9.17) is 4.98 Å². The first-order valence-corrected chi connectivity index (χ1v) is 12.3. The molecule has 0 N–H and O–H groups in total. The van der Waals surface area contributed by atoms with E-state index in [2.05, 4.69) is 30.9 Å². The largest absolute Gasteiger partial charge is 0.309 e. The van der Waals surface area contributed by atoms with Crippen LogP contribution in [0.5, 0.6) is 0 Å². The number of aromatic nitrogens is 1. The Morgan fingerprint density at radius 3 is 2.50 bits per heavy atom. The first-order chi connectivity index (χ1) is 14.8. The summed E-state index contributed by atoms with van der Waals surface area (Å²) in [5, 5.41) is 0.790. The number of aryl methyl sites for hydroxylation is 2. The standard InChI is InChI=1S/C24H30FN3OS2.ClH/c1-17-15-18(2)23-21(16-17)31-24(26-23)28(13-6-12-27(3)4)22(29)7-5-14-30-20-10-8-19(25)9-11-20;/h8-11,15-16H,5-7,12-14H2,1-4H3;1H. The number of hydrogen-bond donors (Lipinski definition) is 0. The van der Waals surface area contributed by atoms with Crippen LogP contribution in [-0.2, 0) is 4.79 Å². The molecule has 0 unspecified atom stereocenters. The topological polar surface area (TPSA) is 36.4 Å². The van der Waals surface area contributed by atoms with Crippen molar-refractivity contribution in [3.05, 3.63) is 53.3 Å². The second-order valence-electron chi connectivity index (χ2n) is 8.03. The Hall–Kier alpha value is -1.67. The normalized spacial score (nSPS) is 11.1. The second-order valence-corrected chi connectivity index (χ2v) is 10.2. The Kier molecular flexibility index (Phi) is 10.4. The van der Waals surface area contributed by atoms with Crippen molar-refractivity contribution < 1.29 is 9.18 Å². The van der Waals surface area contributed by atoms with Crippen LogP contribution < -0.4 is 4.90 Å². The monoisotopic (exact) mass is 495 g/mol. The lowest BCUT2D eigenvalue weighted by molar-refractivity contribution is -0.118. The van der Waals surface area contributed by atoms with Crippen LogP contribution in [0.2, 0.25) is 0 Å². The highest BCUT2D eigenvalue weighted by Gasteiger charge is 2.20. The Balaban J connectivity index is 0.00000363. The van der Waals surface area contributed by atoms with Crippen molar-refractivity contribution in [3.8, 4) is 0 Å². The Bertz CT molecular complexity index is 1020. The maximum absolute atomic E-state index is 13.1. The molecule has 0 saturated heterocycles. The lowest BCUT2D eigenvalue weighted by Crippen LogP contribution is -2.33. The van der Waals surface area contributed by atoms with E-state index in [1.165, 1.54) is 17.7 Å². The molecule has 4 nitrogen and oxygen atoms in total. The van der Waals surface area contributed by atoms with Crippen LogP contribution >= 0.6 is 35.5 Å². The minimum absolute atomic E-state index is 0. The molecule has 8 heteroatoms. The highest BCUT2D eigenvalue weighted by Crippen LogP contribution is 2.32. The fraction of sp³-hybridized carbons (Fsp3) is 0.417. The average Bonchev–Trinajstić information content (AvgIpc) is 3.13. The molecule has 3 aromatic rings. The van der Waals surface area contributed by atoms with E-state index in [0.29, 0.717) is 13.0 Å². The second kappa shape index (κ2) is 12.5. The van der Waals surface area contributed by atoms with Crippen molar-refractivity contribution in [2.24, 2.45) is 0 Å². The van der Waals surface area contributed by atoms with Gasteiger partial charge in [0.15, 0.2) is 5.13 Å². The Morgan fingerprint density at radius 2 is 1.81 bits per heavy atom. The average molecular weight is 496 g/mol. The molecule has 0 spiro atoms. The molecule has 174 valence electrons. The Morgan fingerprint density at radius 1 is 1.09 bits per heavy atom. The van der Waals surface area contributed by atoms with Crippen molar-refractivity contribution in [2.45, 2.75) is 38.0 Å². The zero-order chi connectivity index (χ0) is 22.4. The number of halogens is 2. The first-order valence-electron chi connectivity index (χ1n) is 10.5. The van der Waals surface area contributed by atoms with E-state index in [-0.39, 0.29) is 24.1 Å². The van der Waals surface area contributed by atoms with Gasteiger partial charge >= 0.3 is 0 Å². The number of amides is 1. The van der Waals surface area contributed by atoms with Crippen molar-refractivity contribution in [1.29, 1.82) is 0 Å². The molecule has 2 aromatic carbocycles. The smallest absolute Gasteiger partial charge is 0.228 e. The van der Waals surface area contributed by atoms with E-state index in [1.807, 2.05) is 19.0 Å². The summed E-state index contributed by atoms with van der Waals surface area (Å²) in [5.74, 6) is 0.710. The minimum Gasteiger partial charge on any atom is -0.309 e. The SMILES string of the molecule is Cc1cc(C)c2nc(N(CCCN(C)C)C(=O)CCCSc3ccc(F)cc3)sc2c1.Cl. The third kappa shape index (κ3) is 7.44. The van der Waals surface area contributed by atoms with Gasteiger partial charge in [-0.2, -0.15) is 0 Å². The van der Waals surface area contributed by atoms with Gasteiger partial charge < -0.3 is 4.90 Å². The van der Waals surface area contributed by atoms with Crippen LogP contribution in [-0.4, -0.2) is 48.7 Å². The van der Waals surface area contributed by atoms with Crippen molar-refractivity contribution in [1.82, 2.24) is 9.88 Å². The summed E-state index contributed by atoms with van der Waals surface area (Å²) < 4.78 is 14.2. The van der Waals surface area contributed by atoms with Gasteiger partial charge in [0.25, 0.3) is 0 Å². The van der Waals surface area contributed by atoms with Crippen LogP contribution in [0.1, 0.15) is 30.4 Å². The number of carbonyl (C=O) groups excluding carboxylic acids is 1. The molecule has 0 aliphatic heterocycles. The highest BCUT2D eigenvalue weighted by molar-refractivity contribution is 7.99. The van der Waals surface area contributed by atoms with Gasteiger partial charge in [0.05, 0.1) is 10.2 Å². The quantitative estimate of drug-likeness (QED) is 0.243. The number of thiazole rings is 1. The molecule has 1 heterocycles. The summed E-state index contributed by atoms with van der Waals surface area (Å²) >= 11 is 3.25. The molecule has 0 atom stereocenters. The number of fused-ring (bicyclic) bond motifs is 1. The van der Waals surface area contributed by atoms with Gasteiger partial charge in [0.2, 0.25) is 5.91 Å². The Labute approximate surface area is 204 Å². The molecule has 1 amide bonds. The molecular weight excluding hydrogens is 465 g/mol.